The summed E-state index contributed by atoms with van der Waals surface area (Å²) in [5, 5.41) is 8.82. The average molecular weight is 304 g/mol. The lowest BCUT2D eigenvalue weighted by Crippen LogP contribution is -2.14. The van der Waals surface area contributed by atoms with Crippen LogP contribution in [0.2, 0.25) is 0 Å². The highest BCUT2D eigenvalue weighted by Crippen LogP contribution is 2.37. The molecule has 6 heteroatoms. The zero-order valence-corrected chi connectivity index (χ0v) is 12.0. The van der Waals surface area contributed by atoms with Gasteiger partial charge in [-0.1, -0.05) is 26.3 Å². The number of hydrogen-bond donors (Lipinski definition) is 1. The van der Waals surface area contributed by atoms with E-state index in [1.807, 2.05) is 6.92 Å². The maximum absolute atomic E-state index is 13.0. The zero-order valence-electron chi connectivity index (χ0n) is 12.0. The number of hydrogen-bond acceptors (Lipinski definition) is 2. The number of halogens is 3. The van der Waals surface area contributed by atoms with Crippen LogP contribution in [0.4, 0.5) is 13.2 Å². The number of ether oxygens (including phenoxy) is 1. The number of alkyl halides is 3. The lowest BCUT2D eigenvalue weighted by molar-refractivity contribution is -0.141. The monoisotopic (exact) mass is 304 g/mol. The first-order chi connectivity index (χ1) is 9.75. The summed E-state index contributed by atoms with van der Waals surface area (Å²) in [5.41, 5.74) is -0.520. The van der Waals surface area contributed by atoms with E-state index in [4.69, 9.17) is 9.84 Å². The highest BCUT2D eigenvalue weighted by atomic mass is 19.4. The van der Waals surface area contributed by atoms with E-state index in [-0.39, 0.29) is 18.8 Å². The van der Waals surface area contributed by atoms with Gasteiger partial charge in [-0.05, 0) is 30.5 Å². The fourth-order valence-electron chi connectivity index (χ4n) is 1.82. The Morgan fingerprint density at radius 3 is 2.57 bits per heavy atom. The van der Waals surface area contributed by atoms with Gasteiger partial charge in [-0.2, -0.15) is 13.2 Å². The minimum atomic E-state index is -4.52. The van der Waals surface area contributed by atoms with Crippen molar-refractivity contribution in [1.29, 1.82) is 0 Å². The summed E-state index contributed by atoms with van der Waals surface area (Å²) < 4.78 is 44.3. The Morgan fingerprint density at radius 2 is 2.05 bits per heavy atom. The van der Waals surface area contributed by atoms with Crippen molar-refractivity contribution in [3.63, 3.8) is 0 Å². The van der Waals surface area contributed by atoms with Crippen LogP contribution >= 0.6 is 0 Å². The molecule has 0 heterocycles. The Labute approximate surface area is 121 Å². The topological polar surface area (TPSA) is 46.5 Å². The first-order valence-corrected chi connectivity index (χ1v) is 6.81. The molecule has 1 rings (SSSR count). The van der Waals surface area contributed by atoms with Gasteiger partial charge in [-0.3, -0.25) is 4.79 Å². The van der Waals surface area contributed by atoms with E-state index in [1.54, 1.807) is 0 Å². The van der Waals surface area contributed by atoms with Gasteiger partial charge in [-0.25, -0.2) is 0 Å². The van der Waals surface area contributed by atoms with Crippen LogP contribution in [0, 0.1) is 5.92 Å². The number of benzene rings is 1. The second-order valence-corrected chi connectivity index (χ2v) is 4.97. The number of rotatable bonds is 7. The Balaban J connectivity index is 2.99. The number of carboxylic acids is 1. The fraction of sp³-hybridized carbons (Fsp3) is 0.533. The summed E-state index contributed by atoms with van der Waals surface area (Å²) in [4.78, 5) is 10.8. The summed E-state index contributed by atoms with van der Waals surface area (Å²) in [5.74, 6) is -1.98. The molecule has 0 fully saturated rings. The molecule has 21 heavy (non-hydrogen) atoms. The maximum Gasteiger partial charge on any atom is 0.419 e. The molecule has 0 bridgehead atoms. The van der Waals surface area contributed by atoms with Gasteiger partial charge in [0.2, 0.25) is 0 Å². The van der Waals surface area contributed by atoms with Crippen molar-refractivity contribution < 1.29 is 27.8 Å². The van der Waals surface area contributed by atoms with E-state index in [0.29, 0.717) is 12.0 Å². The molecule has 0 amide bonds. The number of carbonyl (C=O) groups is 1. The standard InChI is InChI=1S/C15H19F3O3/c1-3-4-7-21-13-6-5-11(8-10(2)14(19)20)9-12(13)15(16,17)18/h5-6,9-10H,3-4,7-8H2,1-2H3,(H,19,20). The van der Waals surface area contributed by atoms with Crippen molar-refractivity contribution in [1.82, 2.24) is 0 Å². The highest BCUT2D eigenvalue weighted by molar-refractivity contribution is 5.69. The highest BCUT2D eigenvalue weighted by Gasteiger charge is 2.34. The number of carboxylic acid groups (broad SMARTS) is 1. The Kier molecular flexibility index (Phi) is 6.05. The van der Waals surface area contributed by atoms with Crippen LogP contribution in [0.3, 0.4) is 0 Å². The Hall–Kier alpha value is -1.72. The van der Waals surface area contributed by atoms with Crippen LogP contribution in [0.5, 0.6) is 5.75 Å². The molecule has 0 saturated heterocycles. The smallest absolute Gasteiger partial charge is 0.419 e. The van der Waals surface area contributed by atoms with Crippen LogP contribution in [0.1, 0.15) is 37.8 Å². The van der Waals surface area contributed by atoms with Crippen molar-refractivity contribution >= 4 is 5.97 Å². The molecular formula is C15H19F3O3. The van der Waals surface area contributed by atoms with Gasteiger partial charge in [-0.15, -0.1) is 0 Å². The molecule has 3 nitrogen and oxygen atoms in total. The van der Waals surface area contributed by atoms with E-state index >= 15 is 0 Å². The van der Waals surface area contributed by atoms with E-state index in [0.717, 1.165) is 12.5 Å². The van der Waals surface area contributed by atoms with Crippen LogP contribution in [-0.2, 0) is 17.4 Å². The van der Waals surface area contributed by atoms with E-state index in [9.17, 15) is 18.0 Å². The Bertz CT molecular complexity index is 484. The van der Waals surface area contributed by atoms with Crippen LogP contribution in [0.25, 0.3) is 0 Å². The van der Waals surface area contributed by atoms with Crippen LogP contribution in [0.15, 0.2) is 18.2 Å². The molecular weight excluding hydrogens is 285 g/mol. The minimum Gasteiger partial charge on any atom is -0.493 e. The number of aliphatic carboxylic acids is 1. The first kappa shape index (κ1) is 17.3. The van der Waals surface area contributed by atoms with Crippen molar-refractivity contribution in [2.75, 3.05) is 6.61 Å². The first-order valence-electron chi connectivity index (χ1n) is 6.81. The van der Waals surface area contributed by atoms with Crippen LogP contribution in [-0.4, -0.2) is 17.7 Å². The van der Waals surface area contributed by atoms with Gasteiger partial charge < -0.3 is 9.84 Å². The van der Waals surface area contributed by atoms with Gasteiger partial charge in [0.05, 0.1) is 18.1 Å². The van der Waals surface area contributed by atoms with Crippen molar-refractivity contribution in [2.24, 2.45) is 5.92 Å². The predicted octanol–water partition coefficient (Wildman–Crippen LogP) is 4.15. The van der Waals surface area contributed by atoms with Gasteiger partial charge in [0.25, 0.3) is 0 Å². The molecule has 1 unspecified atom stereocenters. The molecule has 1 aromatic carbocycles. The van der Waals surface area contributed by atoms with Crippen LogP contribution < -0.4 is 4.74 Å². The average Bonchev–Trinajstić information content (AvgIpc) is 2.39. The van der Waals surface area contributed by atoms with Gasteiger partial charge >= 0.3 is 12.1 Å². The third-order valence-electron chi connectivity index (χ3n) is 3.07. The van der Waals surface area contributed by atoms with Crippen molar-refractivity contribution in [3.05, 3.63) is 29.3 Å². The molecule has 0 aliphatic heterocycles. The molecule has 1 atom stereocenters. The van der Waals surface area contributed by atoms with E-state index < -0.39 is 23.6 Å². The number of unbranched alkanes of at least 4 members (excludes halogenated alkanes) is 1. The summed E-state index contributed by atoms with van der Waals surface area (Å²) in [6.45, 7) is 3.61. The largest absolute Gasteiger partial charge is 0.493 e. The summed E-state index contributed by atoms with van der Waals surface area (Å²) >= 11 is 0. The molecule has 118 valence electrons. The molecule has 1 aromatic rings. The summed E-state index contributed by atoms with van der Waals surface area (Å²) in [7, 11) is 0. The lowest BCUT2D eigenvalue weighted by Gasteiger charge is -2.16. The summed E-state index contributed by atoms with van der Waals surface area (Å²) in [6, 6.07) is 3.72. The van der Waals surface area contributed by atoms with Crippen molar-refractivity contribution in [3.8, 4) is 5.75 Å². The predicted molar refractivity (Wildman–Crippen MR) is 72.4 cm³/mol. The maximum atomic E-state index is 13.0. The van der Waals surface area contributed by atoms with Gasteiger partial charge in [0.15, 0.2) is 0 Å². The molecule has 0 saturated carbocycles. The molecule has 0 aliphatic rings. The summed E-state index contributed by atoms with van der Waals surface area (Å²) in [6.07, 6.45) is -2.97. The van der Waals surface area contributed by atoms with E-state index in [1.165, 1.54) is 19.1 Å². The van der Waals surface area contributed by atoms with Gasteiger partial charge in [0, 0.05) is 0 Å². The molecule has 0 radical (unpaired) electrons. The normalized spacial score (nSPS) is 13.0. The molecule has 1 N–H and O–H groups in total. The zero-order chi connectivity index (χ0) is 16.0. The third kappa shape index (κ3) is 5.28. The molecule has 0 aliphatic carbocycles. The fourth-order valence-corrected chi connectivity index (χ4v) is 1.82. The Morgan fingerprint density at radius 1 is 1.38 bits per heavy atom. The SMILES string of the molecule is CCCCOc1ccc(CC(C)C(=O)O)cc1C(F)(F)F. The van der Waals surface area contributed by atoms with Gasteiger partial charge in [0.1, 0.15) is 5.75 Å². The molecule has 0 spiro atoms. The molecule has 0 aromatic heterocycles. The van der Waals surface area contributed by atoms with E-state index in [2.05, 4.69) is 0 Å². The van der Waals surface area contributed by atoms with Crippen molar-refractivity contribution in [2.45, 2.75) is 39.3 Å². The second kappa shape index (κ2) is 7.33. The quantitative estimate of drug-likeness (QED) is 0.770. The lowest BCUT2D eigenvalue weighted by atomic mass is 9.99. The second-order valence-electron chi connectivity index (χ2n) is 4.97. The third-order valence-corrected chi connectivity index (χ3v) is 3.07. The minimum absolute atomic E-state index is 0.0493.